The molecule has 0 atom stereocenters. The number of aromatic nitrogens is 1. The zero-order valence-electron chi connectivity index (χ0n) is 23.9. The number of halogens is 5. The highest BCUT2D eigenvalue weighted by molar-refractivity contribution is 5.99. The Labute approximate surface area is 250 Å². The van der Waals surface area contributed by atoms with Crippen LogP contribution in [0.4, 0.5) is 27.8 Å². The quantitative estimate of drug-likeness (QED) is 0.116. The minimum atomic E-state index is -4.74. The molecular weight excluding hydrogens is 583 g/mol. The van der Waals surface area contributed by atoms with Gasteiger partial charge in [0.2, 0.25) is 5.91 Å². The number of nitrogens with zero attached hydrogens (tertiary/aromatic N) is 1. The van der Waals surface area contributed by atoms with Gasteiger partial charge in [0.05, 0.1) is 12.1 Å². The van der Waals surface area contributed by atoms with Crippen molar-refractivity contribution in [3.05, 3.63) is 94.9 Å². The summed E-state index contributed by atoms with van der Waals surface area (Å²) in [5.74, 6) is -3.37. The van der Waals surface area contributed by atoms with E-state index in [0.29, 0.717) is 29.1 Å². The molecule has 232 valence electrons. The number of carbonyl (C=O) groups is 2. The maximum atomic E-state index is 14.0. The Balaban J connectivity index is 1.48. The lowest BCUT2D eigenvalue weighted by Crippen LogP contribution is -2.24. The number of nitrogens with one attached hydrogen (secondary N) is 2. The lowest BCUT2D eigenvalue weighted by Gasteiger charge is -2.20. The van der Waals surface area contributed by atoms with Gasteiger partial charge < -0.3 is 20.8 Å². The largest absolute Gasteiger partial charge is 0.459 e. The summed E-state index contributed by atoms with van der Waals surface area (Å²) in [6.45, 7) is 5.11. The number of alkyl halides is 5. The molecule has 0 saturated heterocycles. The van der Waals surface area contributed by atoms with Crippen LogP contribution in [0, 0.1) is 0 Å². The molecule has 1 aromatic carbocycles. The number of ketones is 1. The minimum Gasteiger partial charge on any atom is -0.459 e. The number of rotatable bonds is 12. The smallest absolute Gasteiger partial charge is 0.420 e. The maximum absolute atomic E-state index is 14.0. The van der Waals surface area contributed by atoms with Gasteiger partial charge in [-0.1, -0.05) is 31.6 Å². The van der Waals surface area contributed by atoms with Gasteiger partial charge in [-0.25, -0.2) is 13.8 Å². The Kier molecular flexibility index (Phi) is 9.71. The first-order valence-electron chi connectivity index (χ1n) is 13.8. The number of amides is 1. The molecule has 1 aliphatic heterocycles. The van der Waals surface area contributed by atoms with E-state index in [0.717, 1.165) is 6.07 Å². The van der Waals surface area contributed by atoms with Gasteiger partial charge in [0.15, 0.2) is 5.78 Å². The third-order valence-corrected chi connectivity index (χ3v) is 6.77. The van der Waals surface area contributed by atoms with Crippen LogP contribution in [0.2, 0.25) is 0 Å². The molecule has 2 aromatic heterocycles. The number of hydrogen-bond acceptors (Lipinski definition) is 6. The predicted molar refractivity (Wildman–Crippen MR) is 158 cm³/mol. The van der Waals surface area contributed by atoms with Crippen molar-refractivity contribution in [1.29, 1.82) is 0 Å². The van der Waals surface area contributed by atoms with Crippen molar-refractivity contribution in [2.24, 2.45) is 0 Å². The molecule has 4 rings (SSSR count). The van der Waals surface area contributed by atoms with Gasteiger partial charge in [-0.3, -0.25) is 9.59 Å². The van der Waals surface area contributed by atoms with Gasteiger partial charge in [0.1, 0.15) is 17.2 Å². The average molecular weight is 615 g/mol. The zero-order chi connectivity index (χ0) is 32.1. The van der Waals surface area contributed by atoms with Crippen molar-refractivity contribution in [2.45, 2.75) is 51.3 Å². The lowest BCUT2D eigenvalue weighted by atomic mass is 9.96. The molecule has 1 aliphatic rings. The summed E-state index contributed by atoms with van der Waals surface area (Å²) in [6, 6.07) is 7.10. The molecule has 1 amide bonds. The Morgan fingerprint density at radius 1 is 1.16 bits per heavy atom. The fraction of sp³-hybridized carbons (Fsp3) is 0.281. The number of carbonyl (C=O) groups excluding carboxylic acids is 2. The Morgan fingerprint density at radius 2 is 1.93 bits per heavy atom. The lowest BCUT2D eigenvalue weighted by molar-refractivity contribution is -0.137. The fourth-order valence-electron chi connectivity index (χ4n) is 4.69. The van der Waals surface area contributed by atoms with E-state index in [-0.39, 0.29) is 53.8 Å². The topological polar surface area (TPSA) is 110 Å². The number of dihydropyridines is 1. The number of Topliss-reactive ketones (excluding diaryl/α,β-unsaturated/α-hetero) is 1. The van der Waals surface area contributed by atoms with Crippen LogP contribution in [0.25, 0.3) is 22.7 Å². The average Bonchev–Trinajstić information content (AvgIpc) is 3.37. The van der Waals surface area contributed by atoms with E-state index in [2.05, 4.69) is 22.2 Å². The molecule has 0 aliphatic carbocycles. The molecule has 0 saturated carbocycles. The molecule has 3 aromatic rings. The molecular formula is C32H31F5N4O3. The van der Waals surface area contributed by atoms with E-state index in [1.807, 2.05) is 0 Å². The molecule has 0 bridgehead atoms. The number of furan rings is 1. The minimum absolute atomic E-state index is 0.00526. The fourth-order valence-corrected chi connectivity index (χ4v) is 4.69. The Hall–Kier alpha value is -4.74. The van der Waals surface area contributed by atoms with Gasteiger partial charge in [0.25, 0.3) is 5.92 Å². The second kappa shape index (κ2) is 13.3. The van der Waals surface area contributed by atoms with Gasteiger partial charge in [-0.05, 0) is 53.6 Å². The van der Waals surface area contributed by atoms with E-state index < -0.39 is 35.8 Å². The van der Waals surface area contributed by atoms with E-state index >= 15 is 0 Å². The van der Waals surface area contributed by atoms with Crippen LogP contribution in [0.1, 0.15) is 55.1 Å². The van der Waals surface area contributed by atoms with Crippen molar-refractivity contribution in [2.75, 3.05) is 12.3 Å². The second-order valence-electron chi connectivity index (χ2n) is 10.5. The third kappa shape index (κ3) is 8.42. The summed E-state index contributed by atoms with van der Waals surface area (Å²) >= 11 is 0. The van der Waals surface area contributed by atoms with Crippen LogP contribution in [0.3, 0.4) is 0 Å². The van der Waals surface area contributed by atoms with E-state index in [1.165, 1.54) is 42.6 Å². The molecule has 3 heterocycles. The molecule has 12 heteroatoms. The maximum Gasteiger partial charge on any atom is 0.420 e. The van der Waals surface area contributed by atoms with E-state index in [9.17, 15) is 31.5 Å². The molecule has 4 N–H and O–H groups in total. The van der Waals surface area contributed by atoms with Crippen LogP contribution in [-0.2, 0) is 22.3 Å². The molecule has 0 radical (unpaired) electrons. The van der Waals surface area contributed by atoms with Crippen molar-refractivity contribution < 1.29 is 36.0 Å². The summed E-state index contributed by atoms with van der Waals surface area (Å²) in [5.41, 5.74) is 5.73. The highest BCUT2D eigenvalue weighted by Crippen LogP contribution is 2.38. The van der Waals surface area contributed by atoms with Gasteiger partial charge in [-0.15, -0.1) is 0 Å². The number of allylic oxidation sites excluding steroid dienone is 3. The molecule has 44 heavy (non-hydrogen) atoms. The first-order valence-corrected chi connectivity index (χ1v) is 13.8. The van der Waals surface area contributed by atoms with E-state index in [4.69, 9.17) is 10.2 Å². The predicted octanol–water partition coefficient (Wildman–Crippen LogP) is 6.97. The highest BCUT2D eigenvalue weighted by Gasteiger charge is 2.35. The van der Waals surface area contributed by atoms with Crippen LogP contribution in [0.15, 0.2) is 76.9 Å². The highest BCUT2D eigenvalue weighted by atomic mass is 19.4. The molecule has 0 unspecified atom stereocenters. The SMILES string of the molecule is C=C(CC(=O)C1=CC=C(c2cc(C(F)(F)F)c3oc(CNC(=O)C=Cc4ccc(N)nc4)cc3c2)NC1)CC(F)(F)CCC. The van der Waals surface area contributed by atoms with Gasteiger partial charge >= 0.3 is 6.18 Å². The standard InChI is InChI=1S/C32H31F5N4O3/c1-3-10-31(33,34)15-19(2)11-27(42)21-6-7-26(39-17-21)22-12-23-13-24(44-30(23)25(14-22)32(35,36)37)18-41-29(43)9-5-20-4-8-28(38)40-16-20/h4-9,12-14,16,39H,2-3,10-11,15,17-18H2,1H3,(H2,38,40)(H,41,43). The number of benzene rings is 1. The third-order valence-electron chi connectivity index (χ3n) is 6.77. The molecule has 0 fully saturated rings. The Bertz CT molecular complexity index is 1650. The number of anilines is 1. The monoisotopic (exact) mass is 614 g/mol. The number of fused-ring (bicyclic) bond motifs is 1. The van der Waals surface area contributed by atoms with Crippen molar-refractivity contribution in [1.82, 2.24) is 15.6 Å². The summed E-state index contributed by atoms with van der Waals surface area (Å²) in [4.78, 5) is 28.8. The zero-order valence-corrected chi connectivity index (χ0v) is 23.9. The van der Waals surface area contributed by atoms with Crippen LogP contribution in [-0.4, -0.2) is 29.1 Å². The number of nitrogen functional groups attached to an aromatic ring is 1. The number of hydrogen-bond donors (Lipinski definition) is 3. The van der Waals surface area contributed by atoms with Crippen LogP contribution < -0.4 is 16.4 Å². The van der Waals surface area contributed by atoms with Gasteiger partial charge in [0, 0.05) is 54.7 Å². The summed E-state index contributed by atoms with van der Waals surface area (Å²) in [7, 11) is 0. The molecule has 7 nitrogen and oxygen atoms in total. The number of pyridine rings is 1. The summed E-state index contributed by atoms with van der Waals surface area (Å²) in [5, 5.41) is 5.68. The van der Waals surface area contributed by atoms with E-state index in [1.54, 1.807) is 19.1 Å². The normalized spacial score (nSPS) is 13.9. The summed E-state index contributed by atoms with van der Waals surface area (Å²) in [6.07, 6.45) is 1.61. The van der Waals surface area contributed by atoms with Crippen molar-refractivity contribution in [3.8, 4) is 0 Å². The van der Waals surface area contributed by atoms with Crippen LogP contribution in [0.5, 0.6) is 0 Å². The first kappa shape index (κ1) is 32.2. The van der Waals surface area contributed by atoms with Crippen molar-refractivity contribution in [3.63, 3.8) is 0 Å². The Morgan fingerprint density at radius 3 is 2.57 bits per heavy atom. The van der Waals surface area contributed by atoms with Gasteiger partial charge in [-0.2, -0.15) is 13.2 Å². The second-order valence-corrected chi connectivity index (χ2v) is 10.5. The summed E-state index contributed by atoms with van der Waals surface area (Å²) < 4.78 is 75.3. The number of nitrogens with two attached hydrogens (primary N) is 1. The first-order chi connectivity index (χ1) is 20.7. The van der Waals surface area contributed by atoms with Crippen molar-refractivity contribution >= 4 is 40.3 Å². The van der Waals surface area contributed by atoms with Crippen LogP contribution >= 0.6 is 0 Å². The molecule has 0 spiro atoms.